The summed E-state index contributed by atoms with van der Waals surface area (Å²) in [5.74, 6) is -0.221. The van der Waals surface area contributed by atoms with Crippen LogP contribution in [0.2, 0.25) is 0 Å². The topological polar surface area (TPSA) is 35.2 Å². The fourth-order valence-corrected chi connectivity index (χ4v) is 2.23. The van der Waals surface area contributed by atoms with Gasteiger partial charge in [0.05, 0.1) is 11.1 Å². The summed E-state index contributed by atoms with van der Waals surface area (Å²) in [6.45, 7) is 1.33. The second-order valence-corrected chi connectivity index (χ2v) is 5.09. The number of benzene rings is 2. The first-order valence-electron chi connectivity index (χ1n) is 6.79. The van der Waals surface area contributed by atoms with E-state index in [1.54, 1.807) is 0 Å². The lowest BCUT2D eigenvalue weighted by atomic mass is 10.0. The van der Waals surface area contributed by atoms with Gasteiger partial charge in [0.15, 0.2) is 0 Å². The molecular weight excluding hydrogens is 336 g/mol. The van der Waals surface area contributed by atoms with Gasteiger partial charge in [-0.15, -0.1) is 0 Å². The summed E-state index contributed by atoms with van der Waals surface area (Å²) in [6.07, 6.45) is -10.4. The Kier molecular flexibility index (Phi) is 4.68. The van der Waals surface area contributed by atoms with Gasteiger partial charge < -0.3 is 10.5 Å². The number of hydrogen-bond acceptors (Lipinski definition) is 2. The van der Waals surface area contributed by atoms with Crippen LogP contribution in [0.5, 0.6) is 5.75 Å². The maximum absolute atomic E-state index is 13.0. The van der Waals surface area contributed by atoms with Gasteiger partial charge in [-0.2, -0.15) is 26.3 Å². The lowest BCUT2D eigenvalue weighted by Gasteiger charge is -2.20. The number of nitrogen functional groups attached to an aromatic ring is 1. The molecule has 0 fully saturated rings. The van der Waals surface area contributed by atoms with Crippen molar-refractivity contribution in [1.82, 2.24) is 0 Å². The van der Waals surface area contributed by atoms with Crippen molar-refractivity contribution in [3.05, 3.63) is 59.2 Å². The molecule has 8 heteroatoms. The minimum absolute atomic E-state index is 0.171. The Morgan fingerprint density at radius 3 is 2.04 bits per heavy atom. The Balaban J connectivity index is 2.33. The molecule has 1 atom stereocenters. The predicted octanol–water partition coefficient (Wildman–Crippen LogP) is 5.45. The molecule has 2 nitrogen and oxygen atoms in total. The van der Waals surface area contributed by atoms with Gasteiger partial charge in [-0.05, 0) is 31.2 Å². The summed E-state index contributed by atoms with van der Waals surface area (Å²) in [5, 5.41) is 0. The fourth-order valence-electron chi connectivity index (χ4n) is 2.23. The number of nitrogens with two attached hydrogens (primary N) is 1. The monoisotopic (exact) mass is 349 g/mol. The first kappa shape index (κ1) is 18.0. The zero-order valence-corrected chi connectivity index (χ0v) is 12.4. The summed E-state index contributed by atoms with van der Waals surface area (Å²) in [5.41, 5.74) is 2.62. The van der Waals surface area contributed by atoms with Gasteiger partial charge in [0.2, 0.25) is 0 Å². The molecule has 0 heterocycles. The third-order valence-electron chi connectivity index (χ3n) is 3.35. The van der Waals surface area contributed by atoms with Crippen LogP contribution in [0, 0.1) is 0 Å². The molecule has 0 aliphatic carbocycles. The zero-order valence-electron chi connectivity index (χ0n) is 12.4. The van der Waals surface area contributed by atoms with E-state index in [1.165, 1.54) is 31.2 Å². The van der Waals surface area contributed by atoms with Crippen LogP contribution in [0.4, 0.5) is 32.0 Å². The summed E-state index contributed by atoms with van der Waals surface area (Å²) in [7, 11) is 0. The Morgan fingerprint density at radius 1 is 0.875 bits per heavy atom. The lowest BCUT2D eigenvalue weighted by molar-refractivity contribution is -0.139. The molecule has 130 valence electrons. The van der Waals surface area contributed by atoms with Crippen molar-refractivity contribution < 1.29 is 31.1 Å². The van der Waals surface area contributed by atoms with Gasteiger partial charge >= 0.3 is 12.4 Å². The van der Waals surface area contributed by atoms with Crippen LogP contribution in [0.1, 0.15) is 29.7 Å². The van der Waals surface area contributed by atoms with E-state index in [2.05, 4.69) is 0 Å². The summed E-state index contributed by atoms with van der Waals surface area (Å²) in [6, 6.07) is 7.58. The fraction of sp³-hybridized carbons (Fsp3) is 0.250. The van der Waals surface area contributed by atoms with Crippen LogP contribution in [0.15, 0.2) is 42.5 Å². The molecule has 1 unspecified atom stereocenters. The Hall–Kier alpha value is -2.38. The van der Waals surface area contributed by atoms with E-state index in [9.17, 15) is 26.3 Å². The molecule has 2 aromatic rings. The summed E-state index contributed by atoms with van der Waals surface area (Å²) in [4.78, 5) is 0. The maximum Gasteiger partial charge on any atom is 0.418 e. The van der Waals surface area contributed by atoms with E-state index in [4.69, 9.17) is 10.5 Å². The number of rotatable bonds is 3. The van der Waals surface area contributed by atoms with Crippen molar-refractivity contribution in [2.75, 3.05) is 5.73 Å². The lowest BCUT2D eigenvalue weighted by Crippen LogP contribution is -2.14. The zero-order chi connectivity index (χ0) is 18.1. The summed E-state index contributed by atoms with van der Waals surface area (Å²) >= 11 is 0. The highest BCUT2D eigenvalue weighted by atomic mass is 19.4. The van der Waals surface area contributed by atoms with Crippen LogP contribution < -0.4 is 10.5 Å². The van der Waals surface area contributed by atoms with Crippen LogP contribution >= 0.6 is 0 Å². The van der Waals surface area contributed by atoms with Crippen molar-refractivity contribution >= 4 is 5.69 Å². The molecular formula is C16H13F6NO. The van der Waals surface area contributed by atoms with Gasteiger partial charge in [-0.25, -0.2) is 0 Å². The average Bonchev–Trinajstić information content (AvgIpc) is 2.47. The van der Waals surface area contributed by atoms with Crippen molar-refractivity contribution in [2.24, 2.45) is 0 Å². The third kappa shape index (κ3) is 3.93. The van der Waals surface area contributed by atoms with E-state index in [-0.39, 0.29) is 11.3 Å². The molecule has 0 saturated heterocycles. The molecule has 0 radical (unpaired) electrons. The SMILES string of the molecule is CC(Oc1ccc(N)c(C(F)(F)F)c1)c1ccccc1C(F)(F)F. The number of hydrogen-bond donors (Lipinski definition) is 1. The molecule has 0 spiro atoms. The molecule has 2 N–H and O–H groups in total. The molecule has 0 bridgehead atoms. The van der Waals surface area contributed by atoms with Gasteiger partial charge in [-0.1, -0.05) is 18.2 Å². The first-order valence-corrected chi connectivity index (χ1v) is 6.79. The number of ether oxygens (including phenoxy) is 1. The van der Waals surface area contributed by atoms with E-state index in [0.717, 1.165) is 12.1 Å². The molecule has 24 heavy (non-hydrogen) atoms. The Bertz CT molecular complexity index is 723. The van der Waals surface area contributed by atoms with E-state index in [1.807, 2.05) is 0 Å². The summed E-state index contributed by atoms with van der Waals surface area (Å²) < 4.78 is 82.7. The maximum atomic E-state index is 13.0. The molecule has 0 aromatic heterocycles. The highest BCUT2D eigenvalue weighted by molar-refractivity contribution is 5.52. The van der Waals surface area contributed by atoms with Crippen LogP contribution in [0.25, 0.3) is 0 Å². The van der Waals surface area contributed by atoms with Gasteiger partial charge in [0.1, 0.15) is 11.9 Å². The minimum atomic E-state index is -4.68. The van der Waals surface area contributed by atoms with Gasteiger partial charge in [-0.3, -0.25) is 0 Å². The standard InChI is InChI=1S/C16H13F6NO/c1-9(11-4-2-3-5-12(11)15(17,18)19)24-10-6-7-14(23)13(8-10)16(20,21)22/h2-9H,23H2,1H3. The Labute approximate surface area is 133 Å². The van der Waals surface area contributed by atoms with Crippen molar-refractivity contribution in [2.45, 2.75) is 25.4 Å². The van der Waals surface area contributed by atoms with Gasteiger partial charge in [0, 0.05) is 11.3 Å². The number of anilines is 1. The second-order valence-electron chi connectivity index (χ2n) is 5.09. The molecule has 2 rings (SSSR count). The van der Waals surface area contributed by atoms with E-state index < -0.39 is 35.3 Å². The van der Waals surface area contributed by atoms with E-state index in [0.29, 0.717) is 6.07 Å². The molecule has 0 amide bonds. The van der Waals surface area contributed by atoms with Crippen molar-refractivity contribution in [3.63, 3.8) is 0 Å². The molecule has 0 saturated carbocycles. The predicted molar refractivity (Wildman–Crippen MR) is 76.3 cm³/mol. The van der Waals surface area contributed by atoms with Crippen molar-refractivity contribution in [3.8, 4) is 5.75 Å². The molecule has 0 aliphatic heterocycles. The number of halogens is 6. The number of alkyl halides is 6. The van der Waals surface area contributed by atoms with Gasteiger partial charge in [0.25, 0.3) is 0 Å². The Morgan fingerprint density at radius 2 is 1.46 bits per heavy atom. The quantitative estimate of drug-likeness (QED) is 0.591. The normalized spacial score (nSPS) is 13.6. The van der Waals surface area contributed by atoms with Crippen LogP contribution in [-0.4, -0.2) is 0 Å². The smallest absolute Gasteiger partial charge is 0.418 e. The van der Waals surface area contributed by atoms with Crippen molar-refractivity contribution in [1.29, 1.82) is 0 Å². The highest BCUT2D eigenvalue weighted by Crippen LogP contribution is 2.38. The minimum Gasteiger partial charge on any atom is -0.486 e. The van der Waals surface area contributed by atoms with Crippen LogP contribution in [-0.2, 0) is 12.4 Å². The molecule has 0 aliphatic rings. The second kappa shape index (κ2) is 6.26. The average molecular weight is 349 g/mol. The largest absolute Gasteiger partial charge is 0.486 e. The molecule has 2 aromatic carbocycles. The third-order valence-corrected chi connectivity index (χ3v) is 3.35. The highest BCUT2D eigenvalue weighted by Gasteiger charge is 2.35. The van der Waals surface area contributed by atoms with E-state index >= 15 is 0 Å². The first-order chi connectivity index (χ1) is 11.0. The van der Waals surface area contributed by atoms with Crippen LogP contribution in [0.3, 0.4) is 0 Å².